The maximum Gasteiger partial charge on any atom is 0.387 e. The first-order chi connectivity index (χ1) is 7.04. The largest absolute Gasteiger partial charge is 0.433 e. The van der Waals surface area contributed by atoms with E-state index in [1.54, 1.807) is 0 Å². The van der Waals surface area contributed by atoms with Crippen LogP contribution >= 0.6 is 23.2 Å². The van der Waals surface area contributed by atoms with E-state index in [9.17, 15) is 13.6 Å². The maximum atomic E-state index is 11.9. The molecule has 0 aromatic heterocycles. The predicted octanol–water partition coefficient (Wildman–Crippen LogP) is 3.36. The maximum absolute atomic E-state index is 11.9. The summed E-state index contributed by atoms with van der Waals surface area (Å²) in [5.41, 5.74) is 0.261. The molecule has 0 fully saturated rings. The third kappa shape index (κ3) is 3.32. The molecule has 0 N–H and O–H groups in total. The quantitative estimate of drug-likeness (QED) is 0.609. The molecule has 82 valence electrons. The molecule has 0 saturated carbocycles. The highest BCUT2D eigenvalue weighted by molar-refractivity contribution is 6.33. The Morgan fingerprint density at radius 1 is 1.47 bits per heavy atom. The van der Waals surface area contributed by atoms with Gasteiger partial charge in [0.1, 0.15) is 5.75 Å². The topological polar surface area (TPSA) is 26.3 Å². The van der Waals surface area contributed by atoms with Crippen molar-refractivity contribution < 1.29 is 18.3 Å². The van der Waals surface area contributed by atoms with Crippen LogP contribution in [-0.4, -0.2) is 18.3 Å². The second-order valence-electron chi connectivity index (χ2n) is 2.58. The number of benzene rings is 1. The zero-order valence-corrected chi connectivity index (χ0v) is 8.86. The van der Waals surface area contributed by atoms with Crippen molar-refractivity contribution >= 4 is 29.0 Å². The lowest BCUT2D eigenvalue weighted by Gasteiger charge is -2.07. The molecule has 0 bridgehead atoms. The molecule has 2 nitrogen and oxygen atoms in total. The highest BCUT2D eigenvalue weighted by atomic mass is 35.5. The summed E-state index contributed by atoms with van der Waals surface area (Å²) in [6.07, 6.45) is 0. The van der Waals surface area contributed by atoms with Crippen LogP contribution in [-0.2, 0) is 0 Å². The van der Waals surface area contributed by atoms with Gasteiger partial charge in [-0.2, -0.15) is 8.78 Å². The van der Waals surface area contributed by atoms with Gasteiger partial charge in [0.25, 0.3) is 0 Å². The van der Waals surface area contributed by atoms with Crippen LogP contribution in [0.4, 0.5) is 8.78 Å². The average molecular weight is 255 g/mol. The van der Waals surface area contributed by atoms with Gasteiger partial charge in [-0.05, 0) is 18.2 Å². The second-order valence-corrected chi connectivity index (χ2v) is 3.25. The monoisotopic (exact) mass is 254 g/mol. The third-order valence-electron chi connectivity index (χ3n) is 1.59. The molecule has 15 heavy (non-hydrogen) atoms. The standard InChI is InChI=1S/C9H6Cl2F2O2/c10-4-7(14)5-1-2-8(6(11)3-5)15-9(12)13/h1-3,9H,4H2. The van der Waals surface area contributed by atoms with E-state index in [4.69, 9.17) is 23.2 Å². The van der Waals surface area contributed by atoms with Gasteiger partial charge >= 0.3 is 6.61 Å². The molecule has 1 aromatic carbocycles. The van der Waals surface area contributed by atoms with Crippen LogP contribution < -0.4 is 4.74 Å². The zero-order valence-electron chi connectivity index (χ0n) is 7.34. The summed E-state index contributed by atoms with van der Waals surface area (Å²) in [7, 11) is 0. The van der Waals surface area contributed by atoms with Gasteiger partial charge in [0, 0.05) is 5.56 Å². The van der Waals surface area contributed by atoms with Gasteiger partial charge in [0.05, 0.1) is 10.9 Å². The van der Waals surface area contributed by atoms with Gasteiger partial charge in [-0.1, -0.05) is 11.6 Å². The number of carbonyl (C=O) groups is 1. The summed E-state index contributed by atoms with van der Waals surface area (Å²) in [6.45, 7) is -2.95. The Morgan fingerprint density at radius 3 is 2.60 bits per heavy atom. The normalized spacial score (nSPS) is 10.5. The minimum Gasteiger partial charge on any atom is -0.433 e. The molecule has 1 rings (SSSR count). The summed E-state index contributed by atoms with van der Waals surface area (Å²) in [5, 5.41) is -0.0498. The number of ether oxygens (including phenoxy) is 1. The predicted molar refractivity (Wildman–Crippen MR) is 53.1 cm³/mol. The van der Waals surface area contributed by atoms with Gasteiger partial charge in [-0.25, -0.2) is 0 Å². The van der Waals surface area contributed by atoms with Crippen molar-refractivity contribution in [1.29, 1.82) is 0 Å². The summed E-state index contributed by atoms with van der Waals surface area (Å²) in [4.78, 5) is 11.1. The summed E-state index contributed by atoms with van der Waals surface area (Å²) in [5.74, 6) is -0.689. The van der Waals surface area contributed by atoms with Crippen molar-refractivity contribution in [3.05, 3.63) is 28.8 Å². The number of rotatable bonds is 4. The first-order valence-electron chi connectivity index (χ1n) is 3.88. The molecule has 0 radical (unpaired) electrons. The van der Waals surface area contributed by atoms with Crippen LogP contribution in [0.15, 0.2) is 18.2 Å². The van der Waals surface area contributed by atoms with E-state index < -0.39 is 6.61 Å². The molecule has 6 heteroatoms. The Labute approximate surface area is 94.7 Å². The van der Waals surface area contributed by atoms with Gasteiger partial charge in [0.2, 0.25) is 0 Å². The minimum absolute atomic E-state index is 0.0498. The van der Waals surface area contributed by atoms with Crippen LogP contribution in [0.1, 0.15) is 10.4 Å². The van der Waals surface area contributed by atoms with Crippen molar-refractivity contribution in [2.24, 2.45) is 0 Å². The fourth-order valence-electron chi connectivity index (χ4n) is 0.943. The van der Waals surface area contributed by atoms with Gasteiger partial charge in [-0.15, -0.1) is 11.6 Å². The summed E-state index contributed by atoms with van der Waals surface area (Å²) < 4.78 is 27.8. The van der Waals surface area contributed by atoms with Crippen molar-refractivity contribution in [2.75, 3.05) is 5.88 Å². The minimum atomic E-state index is -2.95. The van der Waals surface area contributed by atoms with Crippen LogP contribution in [0.25, 0.3) is 0 Å². The Hall–Kier alpha value is -0.870. The number of ketones is 1. The molecule has 0 unspecified atom stereocenters. The Kier molecular flexibility index (Phi) is 4.29. The lowest BCUT2D eigenvalue weighted by molar-refractivity contribution is -0.0497. The summed E-state index contributed by atoms with van der Waals surface area (Å²) in [6, 6.07) is 3.77. The van der Waals surface area contributed by atoms with Crippen LogP contribution in [0.3, 0.4) is 0 Å². The van der Waals surface area contributed by atoms with E-state index in [-0.39, 0.29) is 28.0 Å². The first kappa shape index (κ1) is 12.2. The molecule has 1 aromatic rings. The molecule has 0 spiro atoms. The molecule has 0 atom stereocenters. The van der Waals surface area contributed by atoms with Gasteiger partial charge < -0.3 is 4.74 Å². The fourth-order valence-corrected chi connectivity index (χ4v) is 1.32. The first-order valence-corrected chi connectivity index (χ1v) is 4.79. The summed E-state index contributed by atoms with van der Waals surface area (Å²) >= 11 is 10.9. The number of hydrogen-bond acceptors (Lipinski definition) is 2. The molecule has 0 aliphatic rings. The number of halogens is 4. The molecule has 0 amide bonds. The highest BCUT2D eigenvalue weighted by Gasteiger charge is 2.11. The van der Waals surface area contributed by atoms with Crippen LogP contribution in [0, 0.1) is 0 Å². The van der Waals surface area contributed by atoms with Gasteiger partial charge in [0.15, 0.2) is 5.78 Å². The Morgan fingerprint density at radius 2 is 2.13 bits per heavy atom. The van der Waals surface area contributed by atoms with Crippen LogP contribution in [0.2, 0.25) is 5.02 Å². The third-order valence-corrected chi connectivity index (χ3v) is 2.13. The Bertz CT molecular complexity index is 369. The van der Waals surface area contributed by atoms with E-state index in [1.807, 2.05) is 0 Å². The second kappa shape index (κ2) is 5.28. The number of carbonyl (C=O) groups excluding carboxylic acids is 1. The van der Waals surface area contributed by atoms with Gasteiger partial charge in [-0.3, -0.25) is 4.79 Å². The van der Waals surface area contributed by atoms with E-state index in [1.165, 1.54) is 18.2 Å². The van der Waals surface area contributed by atoms with Crippen molar-refractivity contribution in [3.63, 3.8) is 0 Å². The van der Waals surface area contributed by atoms with Crippen molar-refractivity contribution in [2.45, 2.75) is 6.61 Å². The number of Topliss-reactive ketones (excluding diaryl/α,β-unsaturated/α-hetero) is 1. The van der Waals surface area contributed by atoms with E-state index >= 15 is 0 Å². The highest BCUT2D eigenvalue weighted by Crippen LogP contribution is 2.27. The van der Waals surface area contributed by atoms with E-state index in [0.29, 0.717) is 0 Å². The lowest BCUT2D eigenvalue weighted by atomic mass is 10.1. The molecule has 0 saturated heterocycles. The number of hydrogen-bond donors (Lipinski definition) is 0. The SMILES string of the molecule is O=C(CCl)c1ccc(OC(F)F)c(Cl)c1. The lowest BCUT2D eigenvalue weighted by Crippen LogP contribution is -2.04. The fraction of sp³-hybridized carbons (Fsp3) is 0.222. The van der Waals surface area contributed by atoms with E-state index in [2.05, 4.69) is 4.74 Å². The van der Waals surface area contributed by atoms with Crippen LogP contribution in [0.5, 0.6) is 5.75 Å². The smallest absolute Gasteiger partial charge is 0.387 e. The molecule has 0 aliphatic carbocycles. The zero-order chi connectivity index (χ0) is 11.4. The van der Waals surface area contributed by atoms with Crippen molar-refractivity contribution in [3.8, 4) is 5.75 Å². The number of alkyl halides is 3. The van der Waals surface area contributed by atoms with Crippen molar-refractivity contribution in [1.82, 2.24) is 0 Å². The van der Waals surface area contributed by atoms with E-state index in [0.717, 1.165) is 0 Å². The molecular formula is C9H6Cl2F2O2. The Balaban J connectivity index is 2.93. The molecule has 0 heterocycles. The average Bonchev–Trinajstić information content (AvgIpc) is 2.19. The molecular weight excluding hydrogens is 249 g/mol. The molecule has 0 aliphatic heterocycles.